The fourth-order valence-electron chi connectivity index (χ4n) is 5.14. The molecule has 216 valence electrons. The molecule has 0 bridgehead atoms. The Bertz CT molecular complexity index is 1570. The zero-order valence-electron chi connectivity index (χ0n) is 28.9. The molecule has 0 saturated carbocycles. The van der Waals surface area contributed by atoms with Gasteiger partial charge in [0.2, 0.25) is 0 Å². The van der Waals surface area contributed by atoms with Crippen molar-refractivity contribution < 1.29 is 27.3 Å². The topological polar surface area (TPSA) is 89.6 Å². The van der Waals surface area contributed by atoms with Crippen LogP contribution in [-0.4, -0.2) is 88.3 Å². The number of hydrogen-bond donors (Lipinski definition) is 2. The Morgan fingerprint density at radius 3 is 1.68 bits per heavy atom. The zero-order valence-corrected chi connectivity index (χ0v) is 22.9. The van der Waals surface area contributed by atoms with Gasteiger partial charge in [-0.15, -0.1) is 0 Å². The Morgan fingerprint density at radius 1 is 0.683 bits per heavy atom. The van der Waals surface area contributed by atoms with Crippen LogP contribution in [0, 0.1) is 6.92 Å². The van der Waals surface area contributed by atoms with Crippen LogP contribution in [0.15, 0.2) is 66.7 Å². The van der Waals surface area contributed by atoms with Crippen LogP contribution < -0.4 is 29.9 Å². The van der Waals surface area contributed by atoms with E-state index in [1.54, 1.807) is 58.3 Å². The standard InChI is InChI=1S/C31H38N6O4/c1-23-12-13-24(32-30(38)36-18-14-34(15-19-36)26-8-4-6-10-28(26)40-2)22-25(23)33-31(39)37-20-16-35(17-21-37)27-9-5-7-11-29(27)41-3/h4-13,22H,14-21H2,1-3H3,(H,32,38)(H,33,39)/i2D3,3D3. The lowest BCUT2D eigenvalue weighted by molar-refractivity contribution is 0.207. The average Bonchev–Trinajstić information content (AvgIpc) is 3.02. The zero-order chi connectivity index (χ0) is 33.8. The monoisotopic (exact) mass is 564 g/mol. The number of rotatable bonds is 6. The van der Waals surface area contributed by atoms with Crippen LogP contribution in [0.25, 0.3) is 0 Å². The molecule has 2 saturated heterocycles. The summed E-state index contributed by atoms with van der Waals surface area (Å²) in [4.78, 5) is 33.7. The van der Waals surface area contributed by atoms with Crippen molar-refractivity contribution in [1.82, 2.24) is 9.80 Å². The van der Waals surface area contributed by atoms with E-state index in [0.29, 0.717) is 75.1 Å². The lowest BCUT2D eigenvalue weighted by atomic mass is 10.1. The number of benzene rings is 3. The van der Waals surface area contributed by atoms with E-state index in [9.17, 15) is 9.59 Å². The van der Waals surface area contributed by atoms with Gasteiger partial charge in [-0.3, -0.25) is 0 Å². The molecule has 0 atom stereocenters. The van der Waals surface area contributed by atoms with E-state index in [-0.39, 0.29) is 23.6 Å². The second kappa shape index (κ2) is 12.7. The predicted molar refractivity (Wildman–Crippen MR) is 163 cm³/mol. The van der Waals surface area contributed by atoms with Crippen molar-refractivity contribution in [1.29, 1.82) is 0 Å². The third-order valence-corrected chi connectivity index (χ3v) is 7.50. The normalized spacial score (nSPS) is 18.2. The van der Waals surface area contributed by atoms with Crippen molar-refractivity contribution in [3.05, 3.63) is 72.3 Å². The van der Waals surface area contributed by atoms with Gasteiger partial charge in [-0.25, -0.2) is 9.59 Å². The minimum absolute atomic E-state index is 0.271. The number of para-hydroxylation sites is 4. The molecule has 41 heavy (non-hydrogen) atoms. The highest BCUT2D eigenvalue weighted by Gasteiger charge is 2.25. The number of amides is 4. The lowest BCUT2D eigenvalue weighted by Gasteiger charge is -2.36. The maximum absolute atomic E-state index is 13.2. The molecule has 2 aliphatic heterocycles. The molecule has 0 spiro atoms. The Labute approximate surface area is 249 Å². The molecule has 0 aliphatic carbocycles. The molecular formula is C31H38N6O4. The van der Waals surface area contributed by atoms with Crippen molar-refractivity contribution in [3.8, 4) is 11.5 Å². The van der Waals surface area contributed by atoms with Gasteiger partial charge in [0, 0.05) is 63.7 Å². The minimum Gasteiger partial charge on any atom is -0.495 e. The molecule has 2 N–H and O–H groups in total. The molecular weight excluding hydrogens is 520 g/mol. The molecule has 4 amide bonds. The summed E-state index contributed by atoms with van der Waals surface area (Å²) in [7, 11) is -5.13. The molecule has 0 radical (unpaired) electrons. The molecule has 2 aliphatic rings. The van der Waals surface area contributed by atoms with Crippen molar-refractivity contribution in [2.75, 3.05) is 86.9 Å². The highest BCUT2D eigenvalue weighted by Crippen LogP contribution is 2.30. The SMILES string of the molecule is [2H]C([2H])([2H])Oc1ccccc1N1CCN(C(=O)Nc2ccc(C)c(NC(=O)N3CCN(c4ccccc4OC([2H])([2H])[2H])CC3)c2)CC1. The van der Waals surface area contributed by atoms with Gasteiger partial charge < -0.3 is 39.7 Å². The van der Waals surface area contributed by atoms with Crippen LogP contribution in [0.4, 0.5) is 32.3 Å². The first-order chi connectivity index (χ1) is 22.3. The Morgan fingerprint density at radius 2 is 1.17 bits per heavy atom. The summed E-state index contributed by atoms with van der Waals surface area (Å²) in [6.07, 6.45) is 0. The van der Waals surface area contributed by atoms with Gasteiger partial charge in [0.25, 0.3) is 0 Å². The van der Waals surface area contributed by atoms with Crippen molar-refractivity contribution in [3.63, 3.8) is 0 Å². The van der Waals surface area contributed by atoms with Crippen LogP contribution in [-0.2, 0) is 0 Å². The molecule has 3 aromatic carbocycles. The number of nitrogens with one attached hydrogen (secondary N) is 2. The van der Waals surface area contributed by atoms with Gasteiger partial charge in [-0.2, -0.15) is 0 Å². The average molecular weight is 565 g/mol. The first-order valence-electron chi connectivity index (χ1n) is 16.5. The summed E-state index contributed by atoms with van der Waals surface area (Å²) >= 11 is 0. The number of aryl methyl sites for hydroxylation is 1. The number of urea groups is 2. The van der Waals surface area contributed by atoms with Gasteiger partial charge >= 0.3 is 12.1 Å². The number of hydrogen-bond acceptors (Lipinski definition) is 6. The van der Waals surface area contributed by atoms with E-state index in [4.69, 9.17) is 17.7 Å². The quantitative estimate of drug-likeness (QED) is 0.451. The smallest absolute Gasteiger partial charge is 0.321 e. The molecule has 2 heterocycles. The fourth-order valence-corrected chi connectivity index (χ4v) is 5.14. The summed E-state index contributed by atoms with van der Waals surface area (Å²) in [5.74, 6) is 0.542. The van der Waals surface area contributed by atoms with E-state index in [2.05, 4.69) is 10.6 Å². The predicted octanol–water partition coefficient (Wildman–Crippen LogP) is 4.72. The maximum Gasteiger partial charge on any atom is 0.321 e. The molecule has 10 nitrogen and oxygen atoms in total. The second-order valence-corrected chi connectivity index (χ2v) is 9.98. The number of carbonyl (C=O) groups is 2. The van der Waals surface area contributed by atoms with Gasteiger partial charge in [-0.05, 0) is 48.9 Å². The van der Waals surface area contributed by atoms with E-state index in [1.165, 1.54) is 0 Å². The molecule has 2 fully saturated rings. The van der Waals surface area contributed by atoms with E-state index < -0.39 is 14.1 Å². The Balaban J connectivity index is 1.14. The van der Waals surface area contributed by atoms with Crippen LogP contribution in [0.2, 0.25) is 0 Å². The van der Waals surface area contributed by atoms with Crippen molar-refractivity contribution in [2.24, 2.45) is 0 Å². The highest BCUT2D eigenvalue weighted by molar-refractivity contribution is 5.94. The largest absolute Gasteiger partial charge is 0.495 e. The molecule has 10 heteroatoms. The Kier molecular flexibility index (Phi) is 6.57. The van der Waals surface area contributed by atoms with E-state index in [0.717, 1.165) is 5.56 Å². The minimum atomic E-state index is -2.56. The summed E-state index contributed by atoms with van der Waals surface area (Å²) < 4.78 is 55.0. The fraction of sp³-hybridized carbons (Fsp3) is 0.355. The van der Waals surface area contributed by atoms with Crippen LogP contribution in [0.1, 0.15) is 13.8 Å². The number of ether oxygens (including phenoxy) is 2. The first-order valence-corrected chi connectivity index (χ1v) is 13.5. The van der Waals surface area contributed by atoms with Crippen molar-refractivity contribution >= 4 is 34.8 Å². The second-order valence-electron chi connectivity index (χ2n) is 9.98. The van der Waals surface area contributed by atoms with Gasteiger partial charge in [0.1, 0.15) is 11.5 Å². The van der Waals surface area contributed by atoms with Crippen molar-refractivity contribution in [2.45, 2.75) is 6.92 Å². The van der Waals surface area contributed by atoms with Crippen LogP contribution in [0.3, 0.4) is 0 Å². The number of carbonyl (C=O) groups excluding carboxylic acids is 2. The molecule has 3 aromatic rings. The molecule has 0 aromatic heterocycles. The van der Waals surface area contributed by atoms with Crippen LogP contribution in [0.5, 0.6) is 11.5 Å². The summed E-state index contributed by atoms with van der Waals surface area (Å²) in [6, 6.07) is 18.7. The summed E-state index contributed by atoms with van der Waals surface area (Å²) in [5, 5.41) is 5.88. The lowest BCUT2D eigenvalue weighted by Crippen LogP contribution is -2.50. The first kappa shape index (κ1) is 21.2. The Hall–Kier alpha value is -4.60. The number of nitrogens with zero attached hydrogens (tertiary/aromatic N) is 4. The highest BCUT2D eigenvalue weighted by atomic mass is 16.5. The van der Waals surface area contributed by atoms with E-state index >= 15 is 0 Å². The third-order valence-electron chi connectivity index (χ3n) is 7.50. The number of piperazine rings is 2. The van der Waals surface area contributed by atoms with Gasteiger partial charge in [0.15, 0.2) is 0 Å². The van der Waals surface area contributed by atoms with E-state index in [1.807, 2.05) is 34.9 Å². The maximum atomic E-state index is 13.2. The van der Waals surface area contributed by atoms with Gasteiger partial charge in [-0.1, -0.05) is 30.3 Å². The summed E-state index contributed by atoms with van der Waals surface area (Å²) in [5.41, 5.74) is 3.26. The van der Waals surface area contributed by atoms with Crippen LogP contribution >= 0.6 is 0 Å². The number of anilines is 4. The molecule has 5 rings (SSSR count). The van der Waals surface area contributed by atoms with Gasteiger partial charge in [0.05, 0.1) is 33.7 Å². The molecule has 0 unspecified atom stereocenters. The summed E-state index contributed by atoms with van der Waals surface area (Å²) in [6.45, 7) is 5.53. The number of methoxy groups -OCH3 is 2. The third kappa shape index (κ3) is 6.42.